The Kier molecular flexibility index (Phi) is 7.28. The van der Waals surface area contributed by atoms with Gasteiger partial charge in [-0.05, 0) is 49.2 Å². The molecule has 3 heterocycles. The lowest BCUT2D eigenvalue weighted by Crippen LogP contribution is -2.52. The number of primary amides is 1. The van der Waals surface area contributed by atoms with Crippen molar-refractivity contribution in [2.75, 3.05) is 32.8 Å². The van der Waals surface area contributed by atoms with Gasteiger partial charge in [0.15, 0.2) is 5.78 Å². The van der Waals surface area contributed by atoms with Crippen LogP contribution in [0.2, 0.25) is 0 Å². The molecule has 3 aromatic rings. The molecule has 0 atom stereocenters. The fourth-order valence-corrected chi connectivity index (χ4v) is 5.84. The van der Waals surface area contributed by atoms with Crippen molar-refractivity contribution in [2.45, 2.75) is 43.6 Å². The Labute approximate surface area is 242 Å². The lowest BCUT2D eigenvalue weighted by Gasteiger charge is -2.44. The monoisotopic (exact) mass is 572 g/mol. The summed E-state index contributed by atoms with van der Waals surface area (Å²) in [5, 5.41) is 13.5. The van der Waals surface area contributed by atoms with E-state index < -0.39 is 17.4 Å². The number of aliphatic hydroxyl groups excluding tert-OH is 1. The number of pyridine rings is 1. The molecule has 2 fully saturated rings. The fraction of sp³-hybridized carbons (Fsp3) is 0.387. The number of nitrogens with zero attached hydrogens (tertiary/aromatic N) is 2. The summed E-state index contributed by atoms with van der Waals surface area (Å²) in [5.74, 6) is -0.120. The van der Waals surface area contributed by atoms with E-state index in [1.54, 1.807) is 29.3 Å². The van der Waals surface area contributed by atoms with Gasteiger partial charge < -0.3 is 30.5 Å². The fourth-order valence-electron chi connectivity index (χ4n) is 5.84. The summed E-state index contributed by atoms with van der Waals surface area (Å²) in [4.78, 5) is 56.6. The van der Waals surface area contributed by atoms with Gasteiger partial charge in [-0.2, -0.15) is 0 Å². The number of piperidine rings is 1. The highest BCUT2D eigenvalue weighted by Gasteiger charge is 2.44. The molecule has 2 aromatic carbocycles. The zero-order chi connectivity index (χ0) is 29.4. The van der Waals surface area contributed by atoms with Gasteiger partial charge in [-0.1, -0.05) is 0 Å². The average Bonchev–Trinajstić information content (AvgIpc) is 3.84. The first-order valence-corrected chi connectivity index (χ1v) is 14.2. The number of hydrogen-bond donors (Lipinski definition) is 3. The van der Waals surface area contributed by atoms with Crippen LogP contribution in [-0.4, -0.2) is 76.9 Å². The molecule has 1 saturated heterocycles. The summed E-state index contributed by atoms with van der Waals surface area (Å²) in [6, 6.07) is 10.1. The van der Waals surface area contributed by atoms with Gasteiger partial charge in [0.05, 0.1) is 30.8 Å². The predicted octanol–water partition coefficient (Wildman–Crippen LogP) is 2.34. The Balaban J connectivity index is 1.18. The average molecular weight is 573 g/mol. The van der Waals surface area contributed by atoms with E-state index in [1.807, 2.05) is 12.1 Å². The molecule has 4 N–H and O–H groups in total. The van der Waals surface area contributed by atoms with Crippen LogP contribution in [0.5, 0.6) is 11.5 Å². The molecule has 11 heteroatoms. The zero-order valence-electron chi connectivity index (χ0n) is 23.1. The molecule has 3 amide bonds. The number of nitrogens with one attached hydrogen (secondary N) is 1. The minimum atomic E-state index is -0.738. The number of benzene rings is 2. The van der Waals surface area contributed by atoms with Crippen LogP contribution in [-0.2, 0) is 4.79 Å². The summed E-state index contributed by atoms with van der Waals surface area (Å²) in [6.45, 7) is 0.491. The van der Waals surface area contributed by atoms with Crippen molar-refractivity contribution >= 4 is 34.3 Å². The largest absolute Gasteiger partial charge is 0.491 e. The van der Waals surface area contributed by atoms with Crippen molar-refractivity contribution in [1.29, 1.82) is 0 Å². The molecule has 0 radical (unpaired) electrons. The third kappa shape index (κ3) is 5.39. The third-order valence-electron chi connectivity index (χ3n) is 8.17. The number of Topliss-reactive ketones (excluding diaryl/α,β-unsaturated/α-hetero) is 1. The minimum absolute atomic E-state index is 0.118. The van der Waals surface area contributed by atoms with Crippen LogP contribution in [0.4, 0.5) is 0 Å². The highest BCUT2D eigenvalue weighted by atomic mass is 16.5. The number of hydrogen-bond acceptors (Lipinski definition) is 8. The molecule has 0 bridgehead atoms. The van der Waals surface area contributed by atoms with Crippen molar-refractivity contribution in [3.63, 3.8) is 0 Å². The van der Waals surface area contributed by atoms with Crippen LogP contribution in [0.25, 0.3) is 10.8 Å². The van der Waals surface area contributed by atoms with Gasteiger partial charge >= 0.3 is 0 Å². The lowest BCUT2D eigenvalue weighted by molar-refractivity contribution is -0.117. The summed E-state index contributed by atoms with van der Waals surface area (Å²) in [7, 11) is 0. The highest BCUT2D eigenvalue weighted by molar-refractivity contribution is 6.04. The van der Waals surface area contributed by atoms with Crippen LogP contribution in [0.15, 0.2) is 42.6 Å². The molecular weight excluding hydrogens is 540 g/mol. The van der Waals surface area contributed by atoms with E-state index in [0.717, 1.165) is 29.3 Å². The Bertz CT molecular complexity index is 1590. The van der Waals surface area contributed by atoms with Crippen molar-refractivity contribution in [3.8, 4) is 11.5 Å². The number of carbonyl (C=O) groups excluding carboxylic acids is 4. The maximum Gasteiger partial charge on any atom is 0.254 e. The number of ether oxygens (including phenoxy) is 2. The SMILES string of the molecule is NC(=O)CNC(=O)c1ccc2c(c1)C(=O)CC1(CCN(C(=O)c3cc(OCCO)c4ccnc(C5CC5)c4c3)CC1)O2. The van der Waals surface area contributed by atoms with E-state index in [4.69, 9.17) is 15.2 Å². The van der Waals surface area contributed by atoms with Gasteiger partial charge in [0.1, 0.15) is 23.7 Å². The summed E-state index contributed by atoms with van der Waals surface area (Å²) in [6.07, 6.45) is 4.98. The topological polar surface area (TPSA) is 161 Å². The van der Waals surface area contributed by atoms with Gasteiger partial charge in [0.2, 0.25) is 5.91 Å². The lowest BCUT2D eigenvalue weighted by atomic mass is 9.82. The molecule has 0 unspecified atom stereocenters. The minimum Gasteiger partial charge on any atom is -0.491 e. The summed E-state index contributed by atoms with van der Waals surface area (Å²) >= 11 is 0. The number of rotatable bonds is 8. The number of carbonyl (C=O) groups is 4. The van der Waals surface area contributed by atoms with Crippen LogP contribution >= 0.6 is 0 Å². The number of nitrogens with two attached hydrogens (primary N) is 1. The van der Waals surface area contributed by atoms with Crippen LogP contribution in [0, 0.1) is 0 Å². The van der Waals surface area contributed by atoms with E-state index in [0.29, 0.717) is 54.5 Å². The second-order valence-corrected chi connectivity index (χ2v) is 11.1. The Morgan fingerprint density at radius 3 is 2.60 bits per heavy atom. The molecule has 1 aromatic heterocycles. The van der Waals surface area contributed by atoms with E-state index in [-0.39, 0.29) is 43.4 Å². The van der Waals surface area contributed by atoms with Crippen molar-refractivity contribution in [3.05, 3.63) is 65.0 Å². The first-order chi connectivity index (χ1) is 20.3. The van der Waals surface area contributed by atoms with E-state index in [2.05, 4.69) is 10.3 Å². The van der Waals surface area contributed by atoms with Gasteiger partial charge in [-0.15, -0.1) is 0 Å². The Hall–Kier alpha value is -4.51. The van der Waals surface area contributed by atoms with Crippen molar-refractivity contribution in [2.24, 2.45) is 5.73 Å². The number of amides is 3. The standard InChI is InChI=1S/C31H32N4O7/c32-27(38)17-34-29(39)19-3-4-25-23(13-19)24(37)16-31(42-25)6-9-35(10-7-31)30(40)20-14-22-21(26(15-20)41-12-11-36)5-8-33-28(22)18-1-2-18/h3-5,8,13-15,18,36H,1-2,6-7,9-12,16-17H2,(H2,32,38)(H,34,39). The van der Waals surface area contributed by atoms with E-state index in [1.165, 1.54) is 6.07 Å². The highest BCUT2D eigenvalue weighted by Crippen LogP contribution is 2.44. The second kappa shape index (κ2) is 11.1. The molecule has 42 heavy (non-hydrogen) atoms. The molecule has 6 rings (SSSR count). The Morgan fingerprint density at radius 1 is 1.10 bits per heavy atom. The third-order valence-corrected chi connectivity index (χ3v) is 8.17. The normalized spacial score (nSPS) is 17.5. The summed E-state index contributed by atoms with van der Waals surface area (Å²) < 4.78 is 12.2. The number of ketones is 1. The van der Waals surface area contributed by atoms with Crippen LogP contribution in [0.1, 0.15) is 74.8 Å². The second-order valence-electron chi connectivity index (χ2n) is 11.1. The number of likely N-dealkylation sites (tertiary alicyclic amines) is 1. The van der Waals surface area contributed by atoms with Gasteiger partial charge in [0.25, 0.3) is 11.8 Å². The molecule has 1 saturated carbocycles. The molecule has 1 spiro atoms. The first kappa shape index (κ1) is 27.6. The molecule has 11 nitrogen and oxygen atoms in total. The molecule has 1 aliphatic carbocycles. The maximum atomic E-state index is 13.7. The molecular formula is C31H32N4O7. The first-order valence-electron chi connectivity index (χ1n) is 14.2. The predicted molar refractivity (Wildman–Crippen MR) is 152 cm³/mol. The molecule has 218 valence electrons. The molecule has 2 aliphatic heterocycles. The van der Waals surface area contributed by atoms with Gasteiger partial charge in [-0.3, -0.25) is 24.2 Å². The Morgan fingerprint density at radius 2 is 1.88 bits per heavy atom. The van der Waals surface area contributed by atoms with Crippen molar-refractivity contribution in [1.82, 2.24) is 15.2 Å². The summed E-state index contributed by atoms with van der Waals surface area (Å²) in [5.41, 5.74) is 6.37. The van der Waals surface area contributed by atoms with E-state index in [9.17, 15) is 24.3 Å². The zero-order valence-corrected chi connectivity index (χ0v) is 23.1. The number of aromatic nitrogens is 1. The van der Waals surface area contributed by atoms with E-state index >= 15 is 0 Å². The van der Waals surface area contributed by atoms with Crippen molar-refractivity contribution < 1.29 is 33.8 Å². The van der Waals surface area contributed by atoms with Crippen LogP contribution < -0.4 is 20.5 Å². The van der Waals surface area contributed by atoms with Crippen LogP contribution in [0.3, 0.4) is 0 Å². The maximum absolute atomic E-state index is 13.7. The quantitative estimate of drug-likeness (QED) is 0.371. The van der Waals surface area contributed by atoms with Gasteiger partial charge in [-0.25, -0.2) is 0 Å². The smallest absolute Gasteiger partial charge is 0.254 e. The number of aliphatic hydroxyl groups is 1. The molecule has 3 aliphatic rings. The van der Waals surface area contributed by atoms with Gasteiger partial charge in [0, 0.05) is 59.9 Å². The number of fused-ring (bicyclic) bond motifs is 2.